The molecule has 1 aromatic carbocycles. The summed E-state index contributed by atoms with van der Waals surface area (Å²) >= 11 is 0. The maximum absolute atomic E-state index is 4.22. The number of aryl methyl sites for hydroxylation is 1. The van der Waals surface area contributed by atoms with Crippen LogP contribution in [0, 0.1) is 6.92 Å². The molecule has 4 nitrogen and oxygen atoms in total. The van der Waals surface area contributed by atoms with Gasteiger partial charge in [0.25, 0.3) is 0 Å². The van der Waals surface area contributed by atoms with Crippen LogP contribution in [0.25, 0.3) is 0 Å². The van der Waals surface area contributed by atoms with E-state index in [2.05, 4.69) is 74.5 Å². The summed E-state index contributed by atoms with van der Waals surface area (Å²) < 4.78 is 1.91. The Labute approximate surface area is 121 Å². The van der Waals surface area contributed by atoms with Gasteiger partial charge in [0, 0.05) is 12.6 Å². The molecule has 0 radical (unpaired) electrons. The van der Waals surface area contributed by atoms with Crippen molar-refractivity contribution in [1.82, 2.24) is 20.3 Å². The van der Waals surface area contributed by atoms with Gasteiger partial charge in [-0.05, 0) is 45.7 Å². The maximum Gasteiger partial charge on any atom is 0.0965 e. The highest BCUT2D eigenvalue weighted by Gasteiger charge is 2.15. The predicted octanol–water partition coefficient (Wildman–Crippen LogP) is 3.19. The molecule has 0 saturated carbocycles. The van der Waals surface area contributed by atoms with Crippen molar-refractivity contribution in [2.24, 2.45) is 0 Å². The second-order valence-corrected chi connectivity index (χ2v) is 6.28. The van der Waals surface area contributed by atoms with Crippen molar-refractivity contribution in [3.63, 3.8) is 0 Å². The summed E-state index contributed by atoms with van der Waals surface area (Å²) in [4.78, 5) is 0. The van der Waals surface area contributed by atoms with Crippen molar-refractivity contribution in [2.75, 3.05) is 0 Å². The lowest BCUT2D eigenvalue weighted by Gasteiger charge is -2.17. The van der Waals surface area contributed by atoms with Crippen LogP contribution in [0.4, 0.5) is 0 Å². The lowest BCUT2D eigenvalue weighted by atomic mass is 10.0. The third-order valence-corrected chi connectivity index (χ3v) is 3.47. The first-order valence-electron chi connectivity index (χ1n) is 7.08. The summed E-state index contributed by atoms with van der Waals surface area (Å²) in [5.74, 6) is 0. The Balaban J connectivity index is 1.99. The second kappa shape index (κ2) is 5.75. The summed E-state index contributed by atoms with van der Waals surface area (Å²) in [5, 5.41) is 11.9. The van der Waals surface area contributed by atoms with Crippen LogP contribution in [0.1, 0.15) is 50.6 Å². The minimum absolute atomic E-state index is 0.0209. The van der Waals surface area contributed by atoms with Crippen molar-refractivity contribution < 1.29 is 0 Å². The summed E-state index contributed by atoms with van der Waals surface area (Å²) in [6, 6.07) is 8.76. The van der Waals surface area contributed by atoms with E-state index in [-0.39, 0.29) is 5.54 Å². The number of hydrogen-bond donors (Lipinski definition) is 1. The van der Waals surface area contributed by atoms with E-state index in [0.29, 0.717) is 6.04 Å². The van der Waals surface area contributed by atoms with Gasteiger partial charge >= 0.3 is 0 Å². The van der Waals surface area contributed by atoms with Crippen molar-refractivity contribution in [3.8, 4) is 0 Å². The van der Waals surface area contributed by atoms with E-state index < -0.39 is 0 Å². The Kier molecular flexibility index (Phi) is 4.23. The zero-order valence-corrected chi connectivity index (χ0v) is 13.0. The molecule has 0 amide bonds. The first kappa shape index (κ1) is 14.7. The van der Waals surface area contributed by atoms with Crippen LogP contribution in [-0.4, -0.2) is 15.0 Å². The quantitative estimate of drug-likeness (QED) is 0.929. The molecule has 0 aliphatic heterocycles. The molecule has 20 heavy (non-hydrogen) atoms. The average Bonchev–Trinajstić information content (AvgIpc) is 2.85. The van der Waals surface area contributed by atoms with Crippen molar-refractivity contribution in [2.45, 2.75) is 52.7 Å². The van der Waals surface area contributed by atoms with Gasteiger partial charge in [-0.3, -0.25) is 0 Å². The van der Waals surface area contributed by atoms with Crippen molar-refractivity contribution in [3.05, 3.63) is 47.3 Å². The molecule has 2 rings (SSSR count). The lowest BCUT2D eigenvalue weighted by molar-refractivity contribution is 0.347. The summed E-state index contributed by atoms with van der Waals surface area (Å²) in [7, 11) is 0. The molecule has 1 aromatic heterocycles. The number of hydrogen-bond acceptors (Lipinski definition) is 3. The number of nitrogens with one attached hydrogen (secondary N) is 1. The van der Waals surface area contributed by atoms with Gasteiger partial charge in [-0.1, -0.05) is 29.5 Å². The van der Waals surface area contributed by atoms with E-state index in [1.165, 1.54) is 11.1 Å². The molecule has 0 fully saturated rings. The van der Waals surface area contributed by atoms with Crippen molar-refractivity contribution in [1.29, 1.82) is 0 Å². The van der Waals surface area contributed by atoms with Crippen LogP contribution < -0.4 is 5.32 Å². The van der Waals surface area contributed by atoms with Gasteiger partial charge in [-0.25, -0.2) is 4.68 Å². The summed E-state index contributed by atoms with van der Waals surface area (Å²) in [6.45, 7) is 11.4. The molecule has 0 aliphatic rings. The minimum Gasteiger partial charge on any atom is -0.304 e. The Morgan fingerprint density at radius 2 is 1.95 bits per heavy atom. The van der Waals surface area contributed by atoms with Crippen LogP contribution >= 0.6 is 0 Å². The van der Waals surface area contributed by atoms with Gasteiger partial charge in [0.1, 0.15) is 0 Å². The maximum atomic E-state index is 4.22. The zero-order valence-electron chi connectivity index (χ0n) is 13.0. The fraction of sp³-hybridized carbons (Fsp3) is 0.500. The van der Waals surface area contributed by atoms with E-state index in [9.17, 15) is 0 Å². The zero-order chi connectivity index (χ0) is 14.8. The molecule has 0 saturated heterocycles. The van der Waals surface area contributed by atoms with Gasteiger partial charge in [0.05, 0.1) is 17.4 Å². The number of nitrogens with zero attached hydrogens (tertiary/aromatic N) is 3. The van der Waals surface area contributed by atoms with Gasteiger partial charge in [-0.15, -0.1) is 5.10 Å². The Hall–Kier alpha value is -1.68. The van der Waals surface area contributed by atoms with E-state index in [1.807, 2.05) is 10.9 Å². The van der Waals surface area contributed by atoms with Crippen LogP contribution in [0.5, 0.6) is 0 Å². The van der Waals surface area contributed by atoms with Crippen LogP contribution in [0.3, 0.4) is 0 Å². The van der Waals surface area contributed by atoms with Gasteiger partial charge in [-0.2, -0.15) is 0 Å². The molecule has 1 N–H and O–H groups in total. The van der Waals surface area contributed by atoms with Crippen LogP contribution in [0.2, 0.25) is 0 Å². The SMILES string of the molecule is Cc1ccccc1[C@H](C)NCc1cn(C(C)(C)C)nn1. The Bertz CT molecular complexity index is 566. The van der Waals surface area contributed by atoms with E-state index in [1.54, 1.807) is 0 Å². The average molecular weight is 272 g/mol. The van der Waals surface area contributed by atoms with Crippen LogP contribution in [-0.2, 0) is 12.1 Å². The first-order chi connectivity index (χ1) is 9.38. The van der Waals surface area contributed by atoms with Gasteiger partial charge in [0.15, 0.2) is 0 Å². The largest absolute Gasteiger partial charge is 0.304 e. The molecule has 1 atom stereocenters. The molecular formula is C16H24N4. The standard InChI is InChI=1S/C16H24N4/c1-12-8-6-7-9-15(12)13(2)17-10-14-11-20(19-18-14)16(3,4)5/h6-9,11,13,17H,10H2,1-5H3/t13-/m0/s1. The third kappa shape index (κ3) is 3.45. The first-order valence-corrected chi connectivity index (χ1v) is 7.08. The highest BCUT2D eigenvalue weighted by Crippen LogP contribution is 2.17. The Morgan fingerprint density at radius 3 is 2.55 bits per heavy atom. The smallest absolute Gasteiger partial charge is 0.0965 e. The molecular weight excluding hydrogens is 248 g/mol. The normalized spacial score (nSPS) is 13.4. The molecule has 2 aromatic rings. The summed E-state index contributed by atoms with van der Waals surface area (Å²) in [5.41, 5.74) is 3.59. The lowest BCUT2D eigenvalue weighted by Crippen LogP contribution is -2.22. The number of rotatable bonds is 4. The summed E-state index contributed by atoms with van der Waals surface area (Å²) in [6.07, 6.45) is 2.01. The second-order valence-electron chi connectivity index (χ2n) is 6.28. The minimum atomic E-state index is -0.0209. The molecule has 0 unspecified atom stereocenters. The van der Waals surface area contributed by atoms with E-state index >= 15 is 0 Å². The Morgan fingerprint density at radius 1 is 1.25 bits per heavy atom. The molecule has 4 heteroatoms. The molecule has 108 valence electrons. The van der Waals surface area contributed by atoms with E-state index in [4.69, 9.17) is 0 Å². The molecule has 0 spiro atoms. The van der Waals surface area contributed by atoms with Crippen molar-refractivity contribution >= 4 is 0 Å². The van der Waals surface area contributed by atoms with Crippen LogP contribution in [0.15, 0.2) is 30.5 Å². The van der Waals surface area contributed by atoms with Gasteiger partial charge < -0.3 is 5.32 Å². The number of benzene rings is 1. The highest BCUT2D eigenvalue weighted by molar-refractivity contribution is 5.28. The predicted molar refractivity (Wildman–Crippen MR) is 81.5 cm³/mol. The van der Waals surface area contributed by atoms with Gasteiger partial charge in [0.2, 0.25) is 0 Å². The molecule has 0 bridgehead atoms. The highest BCUT2D eigenvalue weighted by atomic mass is 15.4. The monoisotopic (exact) mass is 272 g/mol. The van der Waals surface area contributed by atoms with E-state index in [0.717, 1.165) is 12.2 Å². The number of aromatic nitrogens is 3. The fourth-order valence-electron chi connectivity index (χ4n) is 2.15. The third-order valence-electron chi connectivity index (χ3n) is 3.47. The molecule has 0 aliphatic carbocycles. The molecule has 1 heterocycles. The topological polar surface area (TPSA) is 42.7 Å². The fourth-order valence-corrected chi connectivity index (χ4v) is 2.15.